The van der Waals surface area contributed by atoms with Crippen molar-refractivity contribution in [1.29, 1.82) is 0 Å². The quantitative estimate of drug-likeness (QED) is 0.439. The minimum atomic E-state index is 0. The van der Waals surface area contributed by atoms with Gasteiger partial charge < -0.3 is 4.42 Å². The molecule has 2 nitrogen and oxygen atoms in total. The van der Waals surface area contributed by atoms with Crippen molar-refractivity contribution in [2.75, 3.05) is 7.05 Å². The second-order valence-corrected chi connectivity index (χ2v) is 7.62. The molecule has 3 heterocycles. The van der Waals surface area contributed by atoms with Crippen LogP contribution in [0.5, 0.6) is 0 Å². The van der Waals surface area contributed by atoms with Crippen LogP contribution < -0.4 is 0 Å². The van der Waals surface area contributed by atoms with Gasteiger partial charge in [-0.05, 0) is 44.1 Å². The van der Waals surface area contributed by atoms with Crippen LogP contribution in [0.25, 0.3) is 21.9 Å². The van der Waals surface area contributed by atoms with E-state index < -0.39 is 0 Å². The minimum Gasteiger partial charge on any atom is -0.483 e. The van der Waals surface area contributed by atoms with Crippen molar-refractivity contribution in [1.82, 2.24) is 4.90 Å². The molecule has 1 radical (unpaired) electrons. The summed E-state index contributed by atoms with van der Waals surface area (Å²) in [7, 11) is 2.23. The summed E-state index contributed by atoms with van der Waals surface area (Å²) in [4.78, 5) is 2.44. The summed E-state index contributed by atoms with van der Waals surface area (Å²) in [5.41, 5.74) is 3.73. The molecule has 0 N–H and O–H groups in total. The van der Waals surface area contributed by atoms with Crippen molar-refractivity contribution in [3.8, 4) is 0 Å². The Kier molecular flexibility index (Phi) is 3.62. The Hall–Kier alpha value is -1.28. The number of hydrogen-bond acceptors (Lipinski definition) is 2. The largest absolute Gasteiger partial charge is 0.483 e. The van der Waals surface area contributed by atoms with Crippen molar-refractivity contribution in [2.45, 2.75) is 43.6 Å². The van der Waals surface area contributed by atoms with Crippen LogP contribution in [0, 0.1) is 12.6 Å². The standard InChI is InChI=1S/C21H21NO.Ir/c1-20-9-11-21(12-10-20,14-22(20)2)15-7-8-17-16-5-3-4-6-18(16)23-19(17)13-15;/h3-6,8,13-14H,9-12H2,1-2H3;. The summed E-state index contributed by atoms with van der Waals surface area (Å²) in [5.74, 6) is 0. The molecule has 125 valence electrons. The van der Waals surface area contributed by atoms with Gasteiger partial charge in [0.1, 0.15) is 11.0 Å². The third-order valence-electron chi connectivity index (χ3n) is 6.36. The number of nitrogens with zero attached hydrogens (tertiary/aromatic N) is 1. The molecule has 3 aromatic rings. The number of hydrogen-bond donors (Lipinski definition) is 0. The predicted molar refractivity (Wildman–Crippen MR) is 93.2 cm³/mol. The van der Waals surface area contributed by atoms with Gasteiger partial charge in [0.15, 0.2) is 6.54 Å². The maximum atomic E-state index is 6.09. The van der Waals surface area contributed by atoms with Gasteiger partial charge in [-0.2, -0.15) is 12.1 Å². The molecule has 3 fully saturated rings. The van der Waals surface area contributed by atoms with Crippen LogP contribution in [0.4, 0.5) is 0 Å². The Bertz CT molecular complexity index is 904. The topological polar surface area (TPSA) is 16.4 Å². The Labute approximate surface area is 156 Å². The van der Waals surface area contributed by atoms with E-state index in [1.54, 1.807) is 0 Å². The van der Waals surface area contributed by atoms with E-state index in [-0.39, 0.29) is 25.5 Å². The normalized spacial score (nSPS) is 29.6. The zero-order valence-corrected chi connectivity index (χ0v) is 16.5. The Morgan fingerprint density at radius 2 is 1.83 bits per heavy atom. The minimum absolute atomic E-state index is 0. The van der Waals surface area contributed by atoms with Crippen molar-refractivity contribution in [2.24, 2.45) is 0 Å². The number of likely N-dealkylation sites (N-methyl/N-ethyl adjacent to an activating group) is 1. The van der Waals surface area contributed by atoms with Crippen LogP contribution in [-0.2, 0) is 25.5 Å². The average Bonchev–Trinajstić information content (AvgIpc) is 2.94. The first-order chi connectivity index (χ1) is 11.1. The predicted octanol–water partition coefficient (Wildman–Crippen LogP) is 5.06. The number of para-hydroxylation sites is 1. The number of fused-ring (bicyclic) bond motifs is 6. The number of rotatable bonds is 1. The third kappa shape index (κ3) is 2.12. The molecule has 3 heteroatoms. The molecule has 3 aliphatic rings. The van der Waals surface area contributed by atoms with Gasteiger partial charge in [-0.1, -0.05) is 23.6 Å². The maximum absolute atomic E-state index is 6.09. The zero-order valence-electron chi connectivity index (χ0n) is 14.1. The van der Waals surface area contributed by atoms with Crippen molar-refractivity contribution in [3.05, 3.63) is 54.6 Å². The van der Waals surface area contributed by atoms with E-state index >= 15 is 0 Å². The number of furan rings is 1. The van der Waals surface area contributed by atoms with Gasteiger partial charge in [-0.3, -0.25) is 0 Å². The fourth-order valence-electron chi connectivity index (χ4n) is 4.53. The van der Waals surface area contributed by atoms with Gasteiger partial charge in [0.05, 0.1) is 5.54 Å². The summed E-state index contributed by atoms with van der Waals surface area (Å²) in [6, 6.07) is 16.2. The molecular formula is C21H21IrNO. The molecule has 6 rings (SSSR count). The smallest absolute Gasteiger partial charge is 0.167 e. The molecular weight excluding hydrogens is 474 g/mol. The molecule has 0 atom stereocenters. The second-order valence-electron chi connectivity index (χ2n) is 7.62. The summed E-state index contributed by atoms with van der Waals surface area (Å²) in [5, 5.41) is 2.36. The van der Waals surface area contributed by atoms with Gasteiger partial charge in [0, 0.05) is 32.7 Å². The van der Waals surface area contributed by atoms with E-state index in [9.17, 15) is 0 Å². The van der Waals surface area contributed by atoms with Crippen molar-refractivity contribution >= 4 is 21.9 Å². The average molecular weight is 496 g/mol. The molecule has 0 unspecified atom stereocenters. The maximum Gasteiger partial charge on any atom is 0.167 e. The summed E-state index contributed by atoms with van der Waals surface area (Å²) in [6.45, 7) is 4.83. The first-order valence-electron chi connectivity index (χ1n) is 8.52. The van der Waals surface area contributed by atoms with Gasteiger partial charge in [-0.25, -0.2) is 0 Å². The van der Waals surface area contributed by atoms with Crippen molar-refractivity contribution in [3.63, 3.8) is 0 Å². The molecule has 1 saturated carbocycles. The van der Waals surface area contributed by atoms with Gasteiger partial charge in [0.2, 0.25) is 0 Å². The first-order valence-corrected chi connectivity index (χ1v) is 8.52. The Morgan fingerprint density at radius 3 is 2.58 bits per heavy atom. The second kappa shape index (κ2) is 5.36. The fraction of sp³-hybridized carbons (Fsp3) is 0.381. The van der Waals surface area contributed by atoms with Crippen LogP contribution in [0.1, 0.15) is 38.2 Å². The van der Waals surface area contributed by atoms with E-state index in [1.807, 2.05) is 12.1 Å². The first kappa shape index (κ1) is 16.2. The molecule has 2 bridgehead atoms. The van der Waals surface area contributed by atoms with Crippen LogP contribution in [0.2, 0.25) is 0 Å². The van der Waals surface area contributed by atoms with E-state index in [1.165, 1.54) is 42.0 Å². The molecule has 2 aromatic carbocycles. The van der Waals surface area contributed by atoms with Gasteiger partial charge in [-0.15, -0.1) is 16.5 Å². The summed E-state index contributed by atoms with van der Waals surface area (Å²) >= 11 is 0. The van der Waals surface area contributed by atoms with Gasteiger partial charge >= 0.3 is 0 Å². The summed E-state index contributed by atoms with van der Waals surface area (Å²) in [6.07, 6.45) is 4.95. The third-order valence-corrected chi connectivity index (χ3v) is 6.36. The van der Waals surface area contributed by atoms with E-state index in [2.05, 4.69) is 55.7 Å². The molecule has 24 heavy (non-hydrogen) atoms. The molecule has 0 amide bonds. The number of benzene rings is 2. The summed E-state index contributed by atoms with van der Waals surface area (Å²) < 4.78 is 6.09. The Balaban J connectivity index is 0.00000146. The van der Waals surface area contributed by atoms with E-state index in [0.29, 0.717) is 5.54 Å². The number of piperidine rings is 2. The molecule has 2 saturated heterocycles. The fourth-order valence-corrected chi connectivity index (χ4v) is 4.53. The van der Waals surface area contributed by atoms with E-state index in [0.717, 1.165) is 11.2 Å². The zero-order chi connectivity index (χ0) is 15.7. The molecule has 1 aliphatic carbocycles. The van der Waals surface area contributed by atoms with Gasteiger partial charge in [0.25, 0.3) is 0 Å². The molecule has 1 aromatic heterocycles. The van der Waals surface area contributed by atoms with Crippen LogP contribution in [-0.4, -0.2) is 17.5 Å². The SMILES string of the molecule is CN1[CH+]C2(c3[c-]cc4c(c3)oc3ccccc34)CCC1(C)CC2.[Ir]. The van der Waals surface area contributed by atoms with E-state index in [4.69, 9.17) is 4.42 Å². The van der Waals surface area contributed by atoms with Crippen LogP contribution >= 0.6 is 0 Å². The van der Waals surface area contributed by atoms with Crippen molar-refractivity contribution < 1.29 is 24.5 Å². The molecule has 2 aliphatic heterocycles. The Morgan fingerprint density at radius 1 is 1.08 bits per heavy atom. The monoisotopic (exact) mass is 496 g/mol. The molecule has 0 spiro atoms. The van der Waals surface area contributed by atoms with Crippen LogP contribution in [0.15, 0.2) is 40.8 Å². The van der Waals surface area contributed by atoms with Crippen LogP contribution in [0.3, 0.4) is 0 Å².